The van der Waals surface area contributed by atoms with Gasteiger partial charge in [0.2, 0.25) is 11.7 Å². The number of furan rings is 1. The Morgan fingerprint density at radius 1 is 1.27 bits per heavy atom. The van der Waals surface area contributed by atoms with Crippen LogP contribution in [-0.4, -0.2) is 29.0 Å². The number of carbonyl (C=O) groups excluding carboxylic acids is 2. The van der Waals surface area contributed by atoms with Crippen LogP contribution in [0.3, 0.4) is 0 Å². The smallest absolute Gasteiger partial charge is 0.244 e. The lowest BCUT2D eigenvalue weighted by atomic mass is 9.92. The minimum Gasteiger partial charge on any atom is -0.461 e. The molecule has 3 rings (SSSR count). The lowest BCUT2D eigenvalue weighted by Gasteiger charge is -2.13. The first-order valence-electron chi connectivity index (χ1n) is 6.76. The van der Waals surface area contributed by atoms with Crippen molar-refractivity contribution in [3.63, 3.8) is 0 Å². The Labute approximate surface area is 132 Å². The zero-order valence-electron chi connectivity index (χ0n) is 11.8. The average Bonchev–Trinajstić information content (AvgIpc) is 3.17. The summed E-state index contributed by atoms with van der Waals surface area (Å²) in [4.78, 5) is 24.1. The Balaban J connectivity index is 1.98. The van der Waals surface area contributed by atoms with Crippen molar-refractivity contribution in [3.8, 4) is 0 Å². The number of ketones is 1. The van der Waals surface area contributed by atoms with Gasteiger partial charge in [0, 0.05) is 11.9 Å². The van der Waals surface area contributed by atoms with E-state index in [9.17, 15) is 9.59 Å². The number of halogens is 1. The van der Waals surface area contributed by atoms with Gasteiger partial charge in [0.15, 0.2) is 5.76 Å². The molecule has 22 heavy (non-hydrogen) atoms. The van der Waals surface area contributed by atoms with E-state index in [0.717, 1.165) is 5.56 Å². The number of hydrogen-bond acceptors (Lipinski definition) is 4. The second-order valence-corrected chi connectivity index (χ2v) is 5.43. The highest BCUT2D eigenvalue weighted by Crippen LogP contribution is 2.28. The molecule has 1 aromatic heterocycles. The Bertz CT molecular complexity index is 735. The van der Waals surface area contributed by atoms with Crippen LogP contribution in [0.15, 0.2) is 52.2 Å². The van der Waals surface area contributed by atoms with E-state index in [4.69, 9.17) is 16.0 Å². The van der Waals surface area contributed by atoms with Gasteiger partial charge in [-0.1, -0.05) is 23.7 Å². The predicted molar refractivity (Wildman–Crippen MR) is 82.1 cm³/mol. The van der Waals surface area contributed by atoms with Crippen molar-refractivity contribution >= 4 is 29.0 Å². The third-order valence-electron chi connectivity index (χ3n) is 3.53. The summed E-state index contributed by atoms with van der Waals surface area (Å²) in [5, 5.41) is 6.09. The summed E-state index contributed by atoms with van der Waals surface area (Å²) < 4.78 is 5.15. The normalized spacial score (nSPS) is 17.5. The molecule has 0 spiro atoms. The molecule has 5 nitrogen and oxygen atoms in total. The van der Waals surface area contributed by atoms with Crippen molar-refractivity contribution in [2.45, 2.75) is 12.8 Å². The summed E-state index contributed by atoms with van der Waals surface area (Å²) in [6.45, 7) is 1.75. The first-order chi connectivity index (χ1) is 10.6. The van der Waals surface area contributed by atoms with E-state index < -0.39 is 0 Å². The molecule has 1 aromatic carbocycles. The highest BCUT2D eigenvalue weighted by molar-refractivity contribution is 6.47. The fourth-order valence-electron chi connectivity index (χ4n) is 2.39. The van der Waals surface area contributed by atoms with Gasteiger partial charge in [0.1, 0.15) is 5.71 Å². The topological polar surface area (TPSA) is 62.9 Å². The molecule has 0 N–H and O–H groups in total. The SMILES string of the molecule is CC(=O)N1C[C@H](c2ccc(Cl)cc2)C(C(=O)c2ccco2)=N1. The van der Waals surface area contributed by atoms with Crippen molar-refractivity contribution < 1.29 is 14.0 Å². The highest BCUT2D eigenvalue weighted by Gasteiger charge is 2.35. The second kappa shape index (κ2) is 5.77. The highest BCUT2D eigenvalue weighted by atomic mass is 35.5. The molecule has 0 saturated carbocycles. The Kier molecular flexibility index (Phi) is 3.81. The number of hydrazone groups is 1. The van der Waals surface area contributed by atoms with Gasteiger partial charge in [-0.2, -0.15) is 5.10 Å². The lowest BCUT2D eigenvalue weighted by molar-refractivity contribution is -0.128. The van der Waals surface area contributed by atoms with E-state index in [1.807, 2.05) is 12.1 Å². The van der Waals surface area contributed by atoms with E-state index in [0.29, 0.717) is 17.3 Å². The molecule has 0 saturated heterocycles. The molecular weight excluding hydrogens is 304 g/mol. The van der Waals surface area contributed by atoms with Crippen LogP contribution in [0.4, 0.5) is 0 Å². The molecular formula is C16H13ClN2O3. The summed E-state index contributed by atoms with van der Waals surface area (Å²) in [5.41, 5.74) is 1.18. The van der Waals surface area contributed by atoms with Crippen LogP contribution < -0.4 is 0 Å². The zero-order chi connectivity index (χ0) is 15.7. The van der Waals surface area contributed by atoms with Crippen LogP contribution in [0.2, 0.25) is 5.02 Å². The molecule has 0 aliphatic carbocycles. The molecule has 1 amide bonds. The lowest BCUT2D eigenvalue weighted by Crippen LogP contribution is -2.24. The van der Waals surface area contributed by atoms with Crippen LogP contribution in [0.25, 0.3) is 0 Å². The molecule has 1 aliphatic heterocycles. The Morgan fingerprint density at radius 2 is 2.00 bits per heavy atom. The van der Waals surface area contributed by atoms with Crippen LogP contribution in [0.1, 0.15) is 29.0 Å². The van der Waals surface area contributed by atoms with Gasteiger partial charge >= 0.3 is 0 Å². The molecule has 1 aliphatic rings. The van der Waals surface area contributed by atoms with E-state index >= 15 is 0 Å². The first kappa shape index (κ1) is 14.5. The summed E-state index contributed by atoms with van der Waals surface area (Å²) in [7, 11) is 0. The van der Waals surface area contributed by atoms with Gasteiger partial charge in [-0.3, -0.25) is 9.59 Å². The van der Waals surface area contributed by atoms with Crippen molar-refractivity contribution in [1.82, 2.24) is 5.01 Å². The number of rotatable bonds is 3. The molecule has 0 unspecified atom stereocenters. The first-order valence-corrected chi connectivity index (χ1v) is 7.14. The number of amides is 1. The number of Topliss-reactive ketones (excluding diaryl/α,β-unsaturated/α-hetero) is 1. The van der Waals surface area contributed by atoms with Gasteiger partial charge in [-0.05, 0) is 29.8 Å². The van der Waals surface area contributed by atoms with Gasteiger partial charge in [-0.25, -0.2) is 5.01 Å². The molecule has 112 valence electrons. The van der Waals surface area contributed by atoms with Gasteiger partial charge < -0.3 is 4.42 Å². The third-order valence-corrected chi connectivity index (χ3v) is 3.78. The molecule has 2 aromatic rings. The summed E-state index contributed by atoms with van der Waals surface area (Å²) in [6.07, 6.45) is 1.43. The van der Waals surface area contributed by atoms with Crippen molar-refractivity contribution in [3.05, 3.63) is 59.0 Å². The monoisotopic (exact) mass is 316 g/mol. The average molecular weight is 317 g/mol. The minimum atomic E-state index is -0.311. The zero-order valence-corrected chi connectivity index (χ0v) is 12.6. The van der Waals surface area contributed by atoms with Gasteiger partial charge in [-0.15, -0.1) is 0 Å². The standard InChI is InChI=1S/C16H13ClN2O3/c1-10(20)19-9-13(11-4-6-12(17)7-5-11)15(18-19)16(21)14-3-2-8-22-14/h2-8,13H,9H2,1H3/t13-/m1/s1. The maximum absolute atomic E-state index is 12.5. The molecule has 0 fully saturated rings. The maximum Gasteiger partial charge on any atom is 0.244 e. The van der Waals surface area contributed by atoms with Crippen molar-refractivity contribution in [1.29, 1.82) is 0 Å². The Hall–Kier alpha value is -2.40. The van der Waals surface area contributed by atoms with Crippen LogP contribution in [-0.2, 0) is 4.79 Å². The Morgan fingerprint density at radius 3 is 2.59 bits per heavy atom. The number of carbonyl (C=O) groups is 2. The van der Waals surface area contributed by atoms with E-state index in [2.05, 4.69) is 5.10 Å². The summed E-state index contributed by atoms with van der Waals surface area (Å²) >= 11 is 5.90. The van der Waals surface area contributed by atoms with Gasteiger partial charge in [0.05, 0.1) is 18.7 Å². The van der Waals surface area contributed by atoms with Crippen LogP contribution in [0, 0.1) is 0 Å². The number of nitrogens with zero attached hydrogens (tertiary/aromatic N) is 2. The van der Waals surface area contributed by atoms with Crippen molar-refractivity contribution in [2.24, 2.45) is 5.10 Å². The summed E-state index contributed by atoms with van der Waals surface area (Å²) in [6, 6.07) is 10.4. The van der Waals surface area contributed by atoms with Crippen molar-refractivity contribution in [2.75, 3.05) is 6.54 Å². The van der Waals surface area contributed by atoms with Gasteiger partial charge in [0.25, 0.3) is 0 Å². The number of benzene rings is 1. The van der Waals surface area contributed by atoms with E-state index in [1.165, 1.54) is 18.2 Å². The van der Waals surface area contributed by atoms with Crippen LogP contribution in [0.5, 0.6) is 0 Å². The van der Waals surface area contributed by atoms with Crippen LogP contribution >= 0.6 is 11.6 Å². The fourth-order valence-corrected chi connectivity index (χ4v) is 2.52. The fraction of sp³-hybridized carbons (Fsp3) is 0.188. The minimum absolute atomic E-state index is 0.207. The number of hydrogen-bond donors (Lipinski definition) is 0. The predicted octanol–water partition coefficient (Wildman–Crippen LogP) is 3.12. The third kappa shape index (κ3) is 2.67. The van der Waals surface area contributed by atoms with E-state index in [-0.39, 0.29) is 23.4 Å². The maximum atomic E-state index is 12.5. The quantitative estimate of drug-likeness (QED) is 0.817. The molecule has 6 heteroatoms. The summed E-state index contributed by atoms with van der Waals surface area (Å²) in [5.74, 6) is -0.600. The van der Waals surface area contributed by atoms with E-state index in [1.54, 1.807) is 24.3 Å². The molecule has 2 heterocycles. The second-order valence-electron chi connectivity index (χ2n) is 5.00. The largest absolute Gasteiger partial charge is 0.461 e. The molecule has 0 bridgehead atoms. The molecule has 0 radical (unpaired) electrons. The molecule has 1 atom stereocenters.